The van der Waals surface area contributed by atoms with Gasteiger partial charge in [-0.05, 0) is 19.3 Å². The van der Waals surface area contributed by atoms with Gasteiger partial charge in [-0.1, -0.05) is 13.8 Å². The maximum atomic E-state index is 5.86. The van der Waals surface area contributed by atoms with Crippen LogP contribution in [0.1, 0.15) is 38.8 Å². The van der Waals surface area contributed by atoms with Crippen LogP contribution in [0.3, 0.4) is 0 Å². The Bertz CT molecular complexity index is 326. The number of hydrogen-bond acceptors (Lipinski definition) is 3. The molecule has 0 aromatic carbocycles. The van der Waals surface area contributed by atoms with Gasteiger partial charge >= 0.3 is 0 Å². The zero-order valence-corrected chi connectivity index (χ0v) is 11.7. The van der Waals surface area contributed by atoms with Crippen molar-refractivity contribution < 1.29 is 4.74 Å². The maximum absolute atomic E-state index is 5.86. The highest BCUT2D eigenvalue weighted by Crippen LogP contribution is 2.10. The molecule has 5 heteroatoms. The lowest BCUT2D eigenvalue weighted by atomic mass is 10.2. The molecule has 4 nitrogen and oxygen atoms in total. The van der Waals surface area contributed by atoms with Gasteiger partial charge in [-0.25, -0.2) is 0 Å². The standard InChI is InChI=1S/C12H22ClN3O/c1-4-17-7-5-6-11-14-15-12(8-13)16(11)9-10(2)3/h10H,4-9H2,1-3H3. The van der Waals surface area contributed by atoms with E-state index in [9.17, 15) is 0 Å². The Hall–Kier alpha value is -0.610. The molecule has 0 aliphatic carbocycles. The molecule has 0 aliphatic rings. The van der Waals surface area contributed by atoms with Crippen molar-refractivity contribution in [3.63, 3.8) is 0 Å². The van der Waals surface area contributed by atoms with Crippen molar-refractivity contribution in [2.75, 3.05) is 13.2 Å². The van der Waals surface area contributed by atoms with Crippen LogP contribution in [-0.4, -0.2) is 28.0 Å². The number of ether oxygens (including phenoxy) is 1. The minimum absolute atomic E-state index is 0.422. The first-order chi connectivity index (χ1) is 8.19. The number of halogens is 1. The number of alkyl halides is 1. The average Bonchev–Trinajstić information content (AvgIpc) is 2.66. The Kier molecular flexibility index (Phi) is 6.52. The van der Waals surface area contributed by atoms with Crippen LogP contribution in [0.25, 0.3) is 0 Å². The fraction of sp³-hybridized carbons (Fsp3) is 0.833. The van der Waals surface area contributed by atoms with Crippen LogP contribution in [0.5, 0.6) is 0 Å². The maximum Gasteiger partial charge on any atom is 0.147 e. The summed E-state index contributed by atoms with van der Waals surface area (Å²) in [5, 5.41) is 8.34. The third kappa shape index (κ3) is 4.64. The quantitative estimate of drug-likeness (QED) is 0.532. The molecule has 0 saturated heterocycles. The molecule has 1 aromatic heterocycles. The molecule has 0 amide bonds. The van der Waals surface area contributed by atoms with E-state index in [0.29, 0.717) is 11.8 Å². The summed E-state index contributed by atoms with van der Waals surface area (Å²) in [5.41, 5.74) is 0. The number of rotatable bonds is 8. The van der Waals surface area contributed by atoms with E-state index in [-0.39, 0.29) is 0 Å². The Labute approximate surface area is 108 Å². The van der Waals surface area contributed by atoms with Gasteiger partial charge in [0, 0.05) is 26.2 Å². The fourth-order valence-electron chi connectivity index (χ4n) is 1.71. The molecular formula is C12H22ClN3O. The van der Waals surface area contributed by atoms with Crippen molar-refractivity contribution in [3.8, 4) is 0 Å². The summed E-state index contributed by atoms with van der Waals surface area (Å²) in [6.45, 7) is 8.85. The Morgan fingerprint density at radius 1 is 1.29 bits per heavy atom. The molecule has 98 valence electrons. The van der Waals surface area contributed by atoms with Gasteiger partial charge < -0.3 is 9.30 Å². The zero-order chi connectivity index (χ0) is 12.7. The molecule has 0 atom stereocenters. The molecule has 0 N–H and O–H groups in total. The topological polar surface area (TPSA) is 39.9 Å². The molecule has 1 aromatic rings. The molecule has 0 radical (unpaired) electrons. The summed E-state index contributed by atoms with van der Waals surface area (Å²) >= 11 is 5.86. The Balaban J connectivity index is 2.60. The lowest BCUT2D eigenvalue weighted by Gasteiger charge is -2.11. The van der Waals surface area contributed by atoms with Crippen molar-refractivity contribution in [1.29, 1.82) is 0 Å². The second kappa shape index (κ2) is 7.67. The van der Waals surface area contributed by atoms with Crippen molar-refractivity contribution in [1.82, 2.24) is 14.8 Å². The third-order valence-corrected chi connectivity index (χ3v) is 2.70. The first-order valence-corrected chi connectivity index (χ1v) is 6.77. The number of nitrogens with zero attached hydrogens (tertiary/aromatic N) is 3. The molecular weight excluding hydrogens is 238 g/mol. The minimum Gasteiger partial charge on any atom is -0.382 e. The van der Waals surface area contributed by atoms with Gasteiger partial charge in [-0.3, -0.25) is 0 Å². The van der Waals surface area contributed by atoms with Crippen molar-refractivity contribution in [2.24, 2.45) is 5.92 Å². The summed E-state index contributed by atoms with van der Waals surface area (Å²) in [5.74, 6) is 2.88. The van der Waals surface area contributed by atoms with Crippen LogP contribution in [0, 0.1) is 5.92 Å². The van der Waals surface area contributed by atoms with E-state index in [1.807, 2.05) is 6.92 Å². The van der Waals surface area contributed by atoms with Gasteiger partial charge in [-0.15, -0.1) is 21.8 Å². The average molecular weight is 260 g/mol. The van der Waals surface area contributed by atoms with Gasteiger partial charge in [0.1, 0.15) is 11.6 Å². The molecule has 1 rings (SSSR count). The Morgan fingerprint density at radius 3 is 2.59 bits per heavy atom. The van der Waals surface area contributed by atoms with E-state index in [1.54, 1.807) is 0 Å². The monoisotopic (exact) mass is 259 g/mol. The predicted octanol–water partition coefficient (Wildman–Crippen LogP) is 2.64. The van der Waals surface area contributed by atoms with Gasteiger partial charge in [0.25, 0.3) is 0 Å². The number of hydrogen-bond donors (Lipinski definition) is 0. The predicted molar refractivity (Wildman–Crippen MR) is 69.2 cm³/mol. The van der Waals surface area contributed by atoms with E-state index in [4.69, 9.17) is 16.3 Å². The number of aromatic nitrogens is 3. The van der Waals surface area contributed by atoms with Crippen molar-refractivity contribution >= 4 is 11.6 Å². The lowest BCUT2D eigenvalue weighted by Crippen LogP contribution is -2.12. The van der Waals surface area contributed by atoms with E-state index in [0.717, 1.165) is 44.2 Å². The van der Waals surface area contributed by atoms with Gasteiger partial charge in [-0.2, -0.15) is 0 Å². The SMILES string of the molecule is CCOCCCc1nnc(CCl)n1CC(C)C. The van der Waals surface area contributed by atoms with E-state index >= 15 is 0 Å². The normalized spacial score (nSPS) is 11.4. The largest absolute Gasteiger partial charge is 0.382 e. The molecule has 0 unspecified atom stereocenters. The highest BCUT2D eigenvalue weighted by molar-refractivity contribution is 6.16. The van der Waals surface area contributed by atoms with Crippen LogP contribution in [0.15, 0.2) is 0 Å². The van der Waals surface area contributed by atoms with E-state index in [1.165, 1.54) is 0 Å². The summed E-state index contributed by atoms with van der Waals surface area (Å²) in [7, 11) is 0. The summed E-state index contributed by atoms with van der Waals surface area (Å²) in [6, 6.07) is 0. The summed E-state index contributed by atoms with van der Waals surface area (Å²) < 4.78 is 7.47. The van der Waals surface area contributed by atoms with Crippen LogP contribution in [-0.2, 0) is 23.6 Å². The van der Waals surface area contributed by atoms with Crippen molar-refractivity contribution in [3.05, 3.63) is 11.6 Å². The molecule has 0 saturated carbocycles. The first-order valence-electron chi connectivity index (χ1n) is 6.23. The Morgan fingerprint density at radius 2 is 2.00 bits per heavy atom. The molecule has 17 heavy (non-hydrogen) atoms. The van der Waals surface area contributed by atoms with Crippen LogP contribution in [0.4, 0.5) is 0 Å². The first kappa shape index (κ1) is 14.5. The van der Waals surface area contributed by atoms with E-state index in [2.05, 4.69) is 28.6 Å². The van der Waals surface area contributed by atoms with Gasteiger partial charge in [0.05, 0.1) is 5.88 Å². The van der Waals surface area contributed by atoms with Crippen LogP contribution >= 0.6 is 11.6 Å². The fourth-order valence-corrected chi connectivity index (χ4v) is 1.91. The lowest BCUT2D eigenvalue weighted by molar-refractivity contribution is 0.144. The highest BCUT2D eigenvalue weighted by atomic mass is 35.5. The van der Waals surface area contributed by atoms with Gasteiger partial charge in [0.15, 0.2) is 0 Å². The second-order valence-corrected chi connectivity index (χ2v) is 4.74. The molecule has 0 fully saturated rings. The summed E-state index contributed by atoms with van der Waals surface area (Å²) in [6.07, 6.45) is 1.88. The van der Waals surface area contributed by atoms with Crippen molar-refractivity contribution in [2.45, 2.75) is 46.0 Å². The highest BCUT2D eigenvalue weighted by Gasteiger charge is 2.11. The molecule has 0 aliphatic heterocycles. The van der Waals surface area contributed by atoms with Crippen LogP contribution < -0.4 is 0 Å². The molecule has 0 spiro atoms. The minimum atomic E-state index is 0.422. The third-order valence-electron chi connectivity index (χ3n) is 2.46. The molecule has 1 heterocycles. The molecule has 0 bridgehead atoms. The smallest absolute Gasteiger partial charge is 0.147 e. The van der Waals surface area contributed by atoms with E-state index < -0.39 is 0 Å². The zero-order valence-electron chi connectivity index (χ0n) is 10.9. The number of aryl methyl sites for hydroxylation is 1. The second-order valence-electron chi connectivity index (χ2n) is 4.47. The summed E-state index contributed by atoms with van der Waals surface area (Å²) in [4.78, 5) is 0. The van der Waals surface area contributed by atoms with Crippen LogP contribution in [0.2, 0.25) is 0 Å². The van der Waals surface area contributed by atoms with Gasteiger partial charge in [0.2, 0.25) is 0 Å².